The fraction of sp³-hybridized carbons (Fsp3) is 0.550. The quantitative estimate of drug-likeness (QED) is 0.149. The molecule has 0 N–H and O–H groups in total. The Bertz CT molecular complexity index is 1710. The molecule has 0 radical (unpaired) electrons. The lowest BCUT2D eigenvalue weighted by molar-refractivity contribution is -0.148. The lowest BCUT2D eigenvalue weighted by atomic mass is 9.86. The molecule has 2 saturated heterocycles. The Morgan fingerprint density at radius 2 is 1.42 bits per heavy atom. The molecule has 2 aliphatic rings. The summed E-state index contributed by atoms with van der Waals surface area (Å²) in [6, 6.07) is 9.81. The summed E-state index contributed by atoms with van der Waals surface area (Å²) in [4.78, 5) is 40.8. The Kier molecular flexibility index (Phi) is 12.9. The minimum Gasteiger partial charge on any atom is -0.466 e. The molecule has 3 unspecified atom stereocenters. The zero-order valence-electron chi connectivity index (χ0n) is 31.8. The van der Waals surface area contributed by atoms with Crippen LogP contribution in [0.3, 0.4) is 0 Å². The summed E-state index contributed by atoms with van der Waals surface area (Å²) in [5, 5.41) is 0. The van der Waals surface area contributed by atoms with Gasteiger partial charge in [0.2, 0.25) is 5.95 Å². The van der Waals surface area contributed by atoms with Gasteiger partial charge < -0.3 is 24.2 Å². The van der Waals surface area contributed by atoms with Gasteiger partial charge >= 0.3 is 24.4 Å². The molecule has 1 amide bonds. The first-order valence-electron chi connectivity index (χ1n) is 18.7. The maximum absolute atomic E-state index is 14.0. The molecule has 1 aromatic heterocycles. The molecule has 3 atom stereocenters. The van der Waals surface area contributed by atoms with E-state index in [2.05, 4.69) is 9.97 Å². The average molecular weight is 778 g/mol. The van der Waals surface area contributed by atoms with Crippen LogP contribution in [0, 0.1) is 5.92 Å². The van der Waals surface area contributed by atoms with Gasteiger partial charge in [-0.3, -0.25) is 4.79 Å². The second-order valence-electron chi connectivity index (χ2n) is 15.2. The number of nitrogens with zero attached hydrogens (tertiary/aromatic N) is 5. The van der Waals surface area contributed by atoms with Crippen LogP contribution in [0.2, 0.25) is 0 Å². The Morgan fingerprint density at radius 3 is 1.95 bits per heavy atom. The fourth-order valence-electron chi connectivity index (χ4n) is 7.48. The molecule has 55 heavy (non-hydrogen) atoms. The summed E-state index contributed by atoms with van der Waals surface area (Å²) in [6.07, 6.45) is -4.64. The number of rotatable bonds is 10. The number of carbonyl (C=O) groups is 2. The van der Waals surface area contributed by atoms with Gasteiger partial charge in [-0.15, -0.1) is 0 Å². The van der Waals surface area contributed by atoms with Crippen molar-refractivity contribution in [3.8, 4) is 0 Å². The Labute approximate surface area is 318 Å². The van der Waals surface area contributed by atoms with Crippen LogP contribution >= 0.6 is 0 Å². The van der Waals surface area contributed by atoms with Crippen LogP contribution in [-0.2, 0) is 39.6 Å². The summed E-state index contributed by atoms with van der Waals surface area (Å²) in [7, 11) is 0. The minimum absolute atomic E-state index is 0.118. The van der Waals surface area contributed by atoms with E-state index in [-0.39, 0.29) is 42.1 Å². The number of carbonyl (C=O) groups excluding carboxylic acids is 2. The number of esters is 1. The Morgan fingerprint density at radius 1 is 0.836 bits per heavy atom. The third-order valence-corrected chi connectivity index (χ3v) is 10.1. The normalized spacial score (nSPS) is 19.9. The number of likely N-dealkylation sites (tertiary alicyclic amines) is 1. The first kappa shape index (κ1) is 41.6. The second kappa shape index (κ2) is 17.1. The maximum Gasteiger partial charge on any atom is 0.416 e. The van der Waals surface area contributed by atoms with Crippen molar-refractivity contribution in [3.05, 3.63) is 83.2 Å². The number of halogens is 6. The molecule has 3 aromatic rings. The molecule has 9 nitrogen and oxygen atoms in total. The molecule has 2 fully saturated rings. The number of ether oxygens (including phenoxy) is 2. The summed E-state index contributed by atoms with van der Waals surface area (Å²) in [5.74, 6) is -0.329. The first-order chi connectivity index (χ1) is 25.9. The van der Waals surface area contributed by atoms with Gasteiger partial charge in [-0.1, -0.05) is 37.3 Å². The maximum atomic E-state index is 14.0. The summed E-state index contributed by atoms with van der Waals surface area (Å²) in [5.41, 5.74) is -2.20. The van der Waals surface area contributed by atoms with E-state index in [1.165, 1.54) is 0 Å². The van der Waals surface area contributed by atoms with Gasteiger partial charge in [0.1, 0.15) is 5.60 Å². The van der Waals surface area contributed by atoms with Crippen LogP contribution in [0.1, 0.15) is 89.0 Å². The molecule has 2 aromatic carbocycles. The number of piperidine rings is 2. The molecule has 0 bridgehead atoms. The van der Waals surface area contributed by atoms with Crippen molar-refractivity contribution in [3.63, 3.8) is 0 Å². The van der Waals surface area contributed by atoms with Crippen LogP contribution in [0.25, 0.3) is 0 Å². The van der Waals surface area contributed by atoms with E-state index >= 15 is 0 Å². The predicted molar refractivity (Wildman–Crippen MR) is 195 cm³/mol. The summed E-state index contributed by atoms with van der Waals surface area (Å²) >= 11 is 0. The van der Waals surface area contributed by atoms with Crippen LogP contribution in [0.4, 0.5) is 42.8 Å². The van der Waals surface area contributed by atoms with E-state index in [0.717, 1.165) is 17.7 Å². The molecule has 2 aliphatic heterocycles. The number of hydrogen-bond donors (Lipinski definition) is 0. The smallest absolute Gasteiger partial charge is 0.416 e. The standard InChI is InChI=1S/C40H49F6N5O4/c1-6-31-21-32(22-33(19-26-11-9-8-10-12-26)51(31)37(53)55-38(3,4)5)50(25-27-17-29(39(41,42)43)20-30(18-27)40(44,45)46)36-47-23-34(24-48-36)49-15-13-28(14-16-49)35(52)54-7-2/h8-12,17-18,20,23-24,28,31-33H,6-7,13-16,19,21-22,25H2,1-5H3. The number of benzene rings is 2. The number of amides is 1. The molecule has 300 valence electrons. The molecule has 15 heteroatoms. The lowest BCUT2D eigenvalue weighted by Crippen LogP contribution is -2.58. The highest BCUT2D eigenvalue weighted by atomic mass is 19.4. The van der Waals surface area contributed by atoms with Gasteiger partial charge in [-0.2, -0.15) is 26.3 Å². The van der Waals surface area contributed by atoms with E-state index in [0.29, 0.717) is 63.9 Å². The van der Waals surface area contributed by atoms with Crippen LogP contribution in [-0.4, -0.2) is 70.4 Å². The number of anilines is 2. The summed E-state index contributed by atoms with van der Waals surface area (Å²) in [6.45, 7) is 10.0. The van der Waals surface area contributed by atoms with Gasteiger partial charge in [-0.05, 0) is 95.5 Å². The van der Waals surface area contributed by atoms with Gasteiger partial charge in [0.15, 0.2) is 0 Å². The van der Waals surface area contributed by atoms with Crippen molar-refractivity contribution < 1.29 is 45.4 Å². The largest absolute Gasteiger partial charge is 0.466 e. The van der Waals surface area contributed by atoms with E-state index in [9.17, 15) is 35.9 Å². The van der Waals surface area contributed by atoms with Crippen molar-refractivity contribution in [2.75, 3.05) is 29.5 Å². The van der Waals surface area contributed by atoms with Crippen LogP contribution in [0.15, 0.2) is 60.9 Å². The van der Waals surface area contributed by atoms with E-state index in [1.807, 2.05) is 42.2 Å². The van der Waals surface area contributed by atoms with Gasteiger partial charge in [0.25, 0.3) is 0 Å². The monoisotopic (exact) mass is 777 g/mol. The van der Waals surface area contributed by atoms with Crippen molar-refractivity contribution in [2.45, 2.75) is 116 Å². The molecule has 0 spiro atoms. The molecule has 3 heterocycles. The minimum atomic E-state index is -5.02. The third kappa shape index (κ3) is 10.8. The first-order valence-corrected chi connectivity index (χ1v) is 18.7. The molecular weight excluding hydrogens is 728 g/mol. The van der Waals surface area contributed by atoms with Crippen molar-refractivity contribution in [1.82, 2.24) is 14.9 Å². The van der Waals surface area contributed by atoms with E-state index in [4.69, 9.17) is 9.47 Å². The SMILES string of the molecule is CCOC(=O)C1CCN(c2cnc(N(Cc3cc(C(F)(F)F)cc(C(F)(F)F)c3)C3CC(CC)N(C(=O)OC(C)(C)C)C(Cc4ccccc4)C3)nc2)CC1. The highest BCUT2D eigenvalue weighted by Crippen LogP contribution is 2.39. The van der Waals surface area contributed by atoms with Crippen LogP contribution < -0.4 is 9.80 Å². The zero-order chi connectivity index (χ0) is 40.1. The molecular formula is C40H49F6N5O4. The zero-order valence-corrected chi connectivity index (χ0v) is 31.8. The highest BCUT2D eigenvalue weighted by Gasteiger charge is 2.43. The fourth-order valence-corrected chi connectivity index (χ4v) is 7.48. The molecule has 0 saturated carbocycles. The Balaban J connectivity index is 1.53. The lowest BCUT2D eigenvalue weighted by Gasteiger charge is -2.48. The highest BCUT2D eigenvalue weighted by molar-refractivity contribution is 5.73. The van der Waals surface area contributed by atoms with Crippen molar-refractivity contribution >= 4 is 23.7 Å². The number of alkyl halides is 6. The number of hydrogen-bond acceptors (Lipinski definition) is 8. The van der Waals surface area contributed by atoms with Gasteiger partial charge in [0.05, 0.1) is 41.7 Å². The molecule has 0 aliphatic carbocycles. The van der Waals surface area contributed by atoms with Gasteiger partial charge in [0, 0.05) is 37.8 Å². The second-order valence-corrected chi connectivity index (χ2v) is 15.2. The van der Waals surface area contributed by atoms with Gasteiger partial charge in [-0.25, -0.2) is 14.8 Å². The number of aromatic nitrogens is 2. The predicted octanol–water partition coefficient (Wildman–Crippen LogP) is 9.09. The van der Waals surface area contributed by atoms with E-state index < -0.39 is 47.3 Å². The third-order valence-electron chi connectivity index (χ3n) is 10.1. The average Bonchev–Trinajstić information content (AvgIpc) is 3.12. The van der Waals surface area contributed by atoms with Crippen molar-refractivity contribution in [1.29, 1.82) is 0 Å². The topological polar surface area (TPSA) is 88.1 Å². The Hall–Kier alpha value is -4.56. The summed E-state index contributed by atoms with van der Waals surface area (Å²) < 4.78 is 94.9. The molecule has 5 rings (SSSR count). The van der Waals surface area contributed by atoms with Crippen LogP contribution in [0.5, 0.6) is 0 Å². The van der Waals surface area contributed by atoms with Crippen molar-refractivity contribution in [2.24, 2.45) is 5.92 Å². The van der Waals surface area contributed by atoms with E-state index in [1.54, 1.807) is 49.9 Å².